The lowest BCUT2D eigenvalue weighted by molar-refractivity contribution is 0.284. The molecule has 0 aliphatic carbocycles. The van der Waals surface area contributed by atoms with Crippen LogP contribution in [0.25, 0.3) is 0 Å². The number of hydrogen-bond acceptors (Lipinski definition) is 3. The molecule has 0 fully saturated rings. The first-order chi connectivity index (χ1) is 11.4. The number of halogens is 3. The van der Waals surface area contributed by atoms with Crippen LogP contribution in [0.1, 0.15) is 25.0 Å². The summed E-state index contributed by atoms with van der Waals surface area (Å²) in [4.78, 5) is 0. The van der Waals surface area contributed by atoms with Crippen LogP contribution < -0.4 is 14.8 Å². The van der Waals surface area contributed by atoms with Gasteiger partial charge in [-0.1, -0.05) is 59.0 Å². The first-order valence-corrected chi connectivity index (χ1v) is 9.12. The molecule has 130 valence electrons. The van der Waals surface area contributed by atoms with E-state index in [1.807, 2.05) is 18.2 Å². The van der Waals surface area contributed by atoms with Crippen molar-refractivity contribution < 1.29 is 9.47 Å². The van der Waals surface area contributed by atoms with E-state index < -0.39 is 0 Å². The van der Waals surface area contributed by atoms with E-state index in [-0.39, 0.29) is 0 Å². The third kappa shape index (κ3) is 5.28. The van der Waals surface area contributed by atoms with Gasteiger partial charge in [0.2, 0.25) is 0 Å². The first-order valence-electron chi connectivity index (χ1n) is 7.57. The van der Waals surface area contributed by atoms with Gasteiger partial charge in [-0.05, 0) is 35.4 Å². The zero-order valence-electron chi connectivity index (χ0n) is 13.8. The van der Waals surface area contributed by atoms with Gasteiger partial charge >= 0.3 is 0 Å². The highest BCUT2D eigenvalue weighted by atomic mass is 79.9. The van der Waals surface area contributed by atoms with Crippen LogP contribution in [0.3, 0.4) is 0 Å². The Morgan fingerprint density at radius 1 is 1.08 bits per heavy atom. The molecule has 0 aliphatic heterocycles. The fourth-order valence-corrected chi connectivity index (χ4v) is 2.87. The average Bonchev–Trinajstić information content (AvgIpc) is 2.54. The van der Waals surface area contributed by atoms with Crippen molar-refractivity contribution in [3.05, 3.63) is 56.0 Å². The molecule has 0 spiro atoms. The summed E-state index contributed by atoms with van der Waals surface area (Å²) >= 11 is 15.6. The van der Waals surface area contributed by atoms with E-state index in [9.17, 15) is 0 Å². The maximum Gasteiger partial charge on any atom is 0.162 e. The third-order valence-electron chi connectivity index (χ3n) is 3.41. The summed E-state index contributed by atoms with van der Waals surface area (Å²) < 4.78 is 12.3. The van der Waals surface area contributed by atoms with Crippen molar-refractivity contribution in [2.24, 2.45) is 0 Å². The van der Waals surface area contributed by atoms with E-state index >= 15 is 0 Å². The summed E-state index contributed by atoms with van der Waals surface area (Å²) in [5.41, 5.74) is 2.05. The summed E-state index contributed by atoms with van der Waals surface area (Å²) in [6.45, 7) is 5.35. The molecule has 2 rings (SSSR count). The number of hydrogen-bond donors (Lipinski definition) is 1. The molecular weight excluding hydrogens is 413 g/mol. The number of ether oxygens (including phenoxy) is 2. The van der Waals surface area contributed by atoms with Gasteiger partial charge < -0.3 is 14.8 Å². The van der Waals surface area contributed by atoms with Crippen LogP contribution in [0, 0.1) is 0 Å². The standard InChI is InChI=1S/C18H20BrCl2NO2/c1-11(2)22-9-13-7-17(23-3)18(8-14(13)19)24-10-12-4-5-15(20)16(21)6-12/h4-8,11,22H,9-10H2,1-3H3. The number of benzene rings is 2. The number of nitrogens with one attached hydrogen (secondary N) is 1. The Kier molecular flexibility index (Phi) is 7.23. The highest BCUT2D eigenvalue weighted by Gasteiger charge is 2.11. The molecular formula is C18H20BrCl2NO2. The van der Waals surface area contributed by atoms with Crippen LogP contribution in [-0.4, -0.2) is 13.2 Å². The fourth-order valence-electron chi connectivity index (χ4n) is 2.09. The van der Waals surface area contributed by atoms with Crippen molar-refractivity contribution >= 4 is 39.1 Å². The Morgan fingerprint density at radius 2 is 1.83 bits per heavy atom. The van der Waals surface area contributed by atoms with Gasteiger partial charge in [0.1, 0.15) is 6.61 Å². The highest BCUT2D eigenvalue weighted by molar-refractivity contribution is 9.10. The molecule has 0 atom stereocenters. The number of rotatable bonds is 7. The molecule has 24 heavy (non-hydrogen) atoms. The predicted octanol–water partition coefficient (Wildman–Crippen LogP) is 5.84. The smallest absolute Gasteiger partial charge is 0.162 e. The first kappa shape index (κ1) is 19.4. The molecule has 0 aliphatic rings. The second-order valence-corrected chi connectivity index (χ2v) is 7.34. The molecule has 0 radical (unpaired) electrons. The molecule has 0 saturated heterocycles. The van der Waals surface area contributed by atoms with E-state index in [2.05, 4.69) is 35.1 Å². The molecule has 0 unspecified atom stereocenters. The normalized spacial score (nSPS) is 11.0. The quantitative estimate of drug-likeness (QED) is 0.595. The van der Waals surface area contributed by atoms with Crippen molar-refractivity contribution in [1.29, 1.82) is 0 Å². The Morgan fingerprint density at radius 3 is 2.46 bits per heavy atom. The maximum atomic E-state index is 6.03. The Bertz CT molecular complexity index is 708. The van der Waals surface area contributed by atoms with Gasteiger partial charge in [-0.3, -0.25) is 0 Å². The largest absolute Gasteiger partial charge is 0.493 e. The van der Waals surface area contributed by atoms with Crippen molar-refractivity contribution in [2.45, 2.75) is 33.0 Å². The minimum absolute atomic E-state index is 0.378. The van der Waals surface area contributed by atoms with E-state index in [1.165, 1.54) is 0 Å². The van der Waals surface area contributed by atoms with Gasteiger partial charge in [0.25, 0.3) is 0 Å². The predicted molar refractivity (Wildman–Crippen MR) is 103 cm³/mol. The lowest BCUT2D eigenvalue weighted by atomic mass is 10.2. The van der Waals surface area contributed by atoms with Crippen LogP contribution in [-0.2, 0) is 13.2 Å². The zero-order valence-corrected chi connectivity index (χ0v) is 16.9. The van der Waals surface area contributed by atoms with E-state index in [4.69, 9.17) is 32.7 Å². The Labute approximate surface area is 161 Å². The van der Waals surface area contributed by atoms with Crippen molar-refractivity contribution in [3.8, 4) is 11.5 Å². The van der Waals surface area contributed by atoms with Gasteiger partial charge in [-0.15, -0.1) is 0 Å². The SMILES string of the molecule is COc1cc(CNC(C)C)c(Br)cc1OCc1ccc(Cl)c(Cl)c1. The second kappa shape index (κ2) is 8.95. The average molecular weight is 433 g/mol. The minimum Gasteiger partial charge on any atom is -0.493 e. The molecule has 2 aromatic rings. The van der Waals surface area contributed by atoms with Gasteiger partial charge in [-0.2, -0.15) is 0 Å². The van der Waals surface area contributed by atoms with Crippen LogP contribution in [0.2, 0.25) is 10.0 Å². The van der Waals surface area contributed by atoms with Crippen molar-refractivity contribution in [2.75, 3.05) is 7.11 Å². The van der Waals surface area contributed by atoms with Crippen molar-refractivity contribution in [3.63, 3.8) is 0 Å². The summed E-state index contributed by atoms with van der Waals surface area (Å²) in [6.07, 6.45) is 0. The van der Waals surface area contributed by atoms with Crippen LogP contribution in [0.15, 0.2) is 34.8 Å². The maximum absolute atomic E-state index is 6.03. The fraction of sp³-hybridized carbons (Fsp3) is 0.333. The Hall–Kier alpha value is -0.940. The molecule has 0 heterocycles. The molecule has 0 saturated carbocycles. The van der Waals surface area contributed by atoms with Gasteiger partial charge in [0.05, 0.1) is 17.2 Å². The van der Waals surface area contributed by atoms with Gasteiger partial charge in [-0.25, -0.2) is 0 Å². The second-order valence-electron chi connectivity index (χ2n) is 5.67. The van der Waals surface area contributed by atoms with E-state index in [0.717, 1.165) is 22.1 Å². The summed E-state index contributed by atoms with van der Waals surface area (Å²) in [7, 11) is 1.63. The third-order valence-corrected chi connectivity index (χ3v) is 4.89. The minimum atomic E-state index is 0.378. The van der Waals surface area contributed by atoms with Gasteiger partial charge in [0, 0.05) is 17.1 Å². The topological polar surface area (TPSA) is 30.5 Å². The molecule has 6 heteroatoms. The highest BCUT2D eigenvalue weighted by Crippen LogP contribution is 2.34. The summed E-state index contributed by atoms with van der Waals surface area (Å²) in [5, 5.41) is 4.43. The monoisotopic (exact) mass is 431 g/mol. The summed E-state index contributed by atoms with van der Waals surface area (Å²) in [5.74, 6) is 1.36. The number of methoxy groups -OCH3 is 1. The van der Waals surface area contributed by atoms with E-state index in [0.29, 0.717) is 34.2 Å². The molecule has 0 amide bonds. The van der Waals surface area contributed by atoms with E-state index in [1.54, 1.807) is 19.2 Å². The van der Waals surface area contributed by atoms with Crippen LogP contribution in [0.5, 0.6) is 11.5 Å². The lowest BCUT2D eigenvalue weighted by Crippen LogP contribution is -2.22. The summed E-state index contributed by atoms with van der Waals surface area (Å²) in [6, 6.07) is 9.75. The van der Waals surface area contributed by atoms with Gasteiger partial charge in [0.15, 0.2) is 11.5 Å². The van der Waals surface area contributed by atoms with Crippen LogP contribution >= 0.6 is 39.1 Å². The van der Waals surface area contributed by atoms with Crippen LogP contribution in [0.4, 0.5) is 0 Å². The van der Waals surface area contributed by atoms with Crippen molar-refractivity contribution in [1.82, 2.24) is 5.32 Å². The lowest BCUT2D eigenvalue weighted by Gasteiger charge is -2.15. The molecule has 0 aromatic heterocycles. The molecule has 1 N–H and O–H groups in total. The molecule has 2 aromatic carbocycles. The Balaban J connectivity index is 2.14. The molecule has 3 nitrogen and oxygen atoms in total. The molecule has 0 bridgehead atoms. The zero-order chi connectivity index (χ0) is 17.7.